The molecule has 0 aromatic heterocycles. The lowest BCUT2D eigenvalue weighted by molar-refractivity contribution is -0.129. The van der Waals surface area contributed by atoms with E-state index in [1.54, 1.807) is 24.3 Å². The van der Waals surface area contributed by atoms with Gasteiger partial charge in [0.2, 0.25) is 5.91 Å². The van der Waals surface area contributed by atoms with E-state index in [9.17, 15) is 9.90 Å². The number of fused-ring (bicyclic) bond motifs is 1. The molecule has 4 atom stereocenters. The van der Waals surface area contributed by atoms with Crippen LogP contribution >= 0.6 is 23.2 Å². The molecule has 1 amide bonds. The molecule has 5 nitrogen and oxygen atoms in total. The third-order valence-electron chi connectivity index (χ3n) is 6.88. The molecule has 2 aromatic rings. The van der Waals surface area contributed by atoms with Crippen LogP contribution in [0, 0.1) is 11.7 Å². The van der Waals surface area contributed by atoms with Gasteiger partial charge in [0.05, 0.1) is 11.6 Å². The van der Waals surface area contributed by atoms with E-state index in [1.807, 2.05) is 11.0 Å². The number of carbonyl (C=O) groups is 1. The van der Waals surface area contributed by atoms with Crippen molar-refractivity contribution in [3.63, 3.8) is 0 Å². The van der Waals surface area contributed by atoms with Gasteiger partial charge in [0.15, 0.2) is 0 Å². The second kappa shape index (κ2) is 8.92. The fourth-order valence-corrected chi connectivity index (χ4v) is 5.69. The highest BCUT2D eigenvalue weighted by Gasteiger charge is 2.63. The van der Waals surface area contributed by atoms with E-state index in [1.165, 1.54) is 6.07 Å². The van der Waals surface area contributed by atoms with Crippen LogP contribution in [-0.4, -0.2) is 46.7 Å². The lowest BCUT2D eigenvalue weighted by Crippen LogP contribution is -2.61. The van der Waals surface area contributed by atoms with E-state index in [2.05, 4.69) is 19.2 Å². The number of hydrogen-bond acceptors (Lipinski definition) is 4. The Morgan fingerprint density at radius 1 is 1.31 bits per heavy atom. The van der Waals surface area contributed by atoms with Crippen LogP contribution in [0.15, 0.2) is 36.4 Å². The van der Waals surface area contributed by atoms with Gasteiger partial charge in [-0.1, -0.05) is 55.2 Å². The van der Waals surface area contributed by atoms with E-state index in [0.717, 1.165) is 12.0 Å². The predicted molar refractivity (Wildman–Crippen MR) is 126 cm³/mol. The number of aliphatic hydroxyl groups is 1. The summed E-state index contributed by atoms with van der Waals surface area (Å²) in [6.07, 6.45) is 1.13. The largest absolute Gasteiger partial charge is 0.395 e. The fraction of sp³-hybridized carbons (Fsp3) is 0.458. The van der Waals surface area contributed by atoms with Crippen LogP contribution in [0.1, 0.15) is 37.3 Å². The first-order chi connectivity index (χ1) is 15.2. The molecule has 0 unspecified atom stereocenters. The van der Waals surface area contributed by atoms with Crippen molar-refractivity contribution in [1.29, 1.82) is 0 Å². The minimum absolute atomic E-state index is 0.0190. The third-order valence-corrected chi connectivity index (χ3v) is 7.41. The average Bonchev–Trinajstić information content (AvgIpc) is 2.97. The minimum Gasteiger partial charge on any atom is -0.395 e. The van der Waals surface area contributed by atoms with Gasteiger partial charge in [-0.25, -0.2) is 4.39 Å². The van der Waals surface area contributed by atoms with Gasteiger partial charge in [0.25, 0.3) is 0 Å². The van der Waals surface area contributed by atoms with Gasteiger partial charge in [-0.05, 0) is 48.2 Å². The molecule has 0 bridgehead atoms. The quantitative estimate of drug-likeness (QED) is 0.600. The van der Waals surface area contributed by atoms with Crippen molar-refractivity contribution in [2.24, 2.45) is 11.7 Å². The first-order valence-electron chi connectivity index (χ1n) is 10.9. The van der Waals surface area contributed by atoms with Gasteiger partial charge in [-0.3, -0.25) is 9.69 Å². The third kappa shape index (κ3) is 3.72. The zero-order chi connectivity index (χ0) is 23.2. The van der Waals surface area contributed by atoms with E-state index >= 15 is 4.39 Å². The number of benzene rings is 2. The van der Waals surface area contributed by atoms with Crippen LogP contribution in [0.4, 0.5) is 10.1 Å². The summed E-state index contributed by atoms with van der Waals surface area (Å²) in [5, 5.41) is 13.8. The van der Waals surface area contributed by atoms with Crippen molar-refractivity contribution in [2.75, 3.05) is 18.5 Å². The van der Waals surface area contributed by atoms with Crippen LogP contribution in [0.3, 0.4) is 0 Å². The molecular formula is C24H28Cl2FN3O2. The lowest BCUT2D eigenvalue weighted by atomic mass is 9.71. The predicted octanol–water partition coefficient (Wildman–Crippen LogP) is 4.20. The Morgan fingerprint density at radius 2 is 2.06 bits per heavy atom. The van der Waals surface area contributed by atoms with Crippen LogP contribution in [-0.2, 0) is 11.2 Å². The SMILES string of the molecule is CC(C)CCN1[C@@H](CO)[C@@H](N)[C@H](c2cccc(Cl)c2F)[C@@]12Cc1ccc(Cl)cc1NC2=O. The number of nitrogens with two attached hydrogens (primary N) is 1. The number of nitrogens with one attached hydrogen (secondary N) is 1. The molecule has 2 aliphatic rings. The summed E-state index contributed by atoms with van der Waals surface area (Å²) in [6, 6.07) is 8.98. The molecule has 1 spiro atoms. The summed E-state index contributed by atoms with van der Waals surface area (Å²) in [5.74, 6) is -1.17. The normalized spacial score (nSPS) is 27.8. The van der Waals surface area contributed by atoms with E-state index in [0.29, 0.717) is 35.2 Å². The molecule has 1 saturated heterocycles. The van der Waals surface area contributed by atoms with Gasteiger partial charge < -0.3 is 16.2 Å². The van der Waals surface area contributed by atoms with Gasteiger partial charge in [0.1, 0.15) is 11.4 Å². The van der Waals surface area contributed by atoms with Crippen LogP contribution in [0.25, 0.3) is 0 Å². The fourth-order valence-electron chi connectivity index (χ4n) is 5.33. The number of carbonyl (C=O) groups excluding carboxylic acids is 1. The first kappa shape index (κ1) is 23.5. The molecule has 172 valence electrons. The topological polar surface area (TPSA) is 78.6 Å². The zero-order valence-electron chi connectivity index (χ0n) is 18.1. The monoisotopic (exact) mass is 479 g/mol. The summed E-state index contributed by atoms with van der Waals surface area (Å²) in [4.78, 5) is 15.8. The number of hydrogen-bond donors (Lipinski definition) is 3. The Kier molecular flexibility index (Phi) is 6.54. The molecule has 0 radical (unpaired) electrons. The van der Waals surface area contributed by atoms with Crippen molar-refractivity contribution in [3.05, 3.63) is 63.4 Å². The molecule has 0 saturated carbocycles. The summed E-state index contributed by atoms with van der Waals surface area (Å²) in [5.41, 5.74) is 7.34. The number of nitrogens with zero attached hydrogens (tertiary/aromatic N) is 1. The Morgan fingerprint density at radius 3 is 2.75 bits per heavy atom. The van der Waals surface area contributed by atoms with Crippen molar-refractivity contribution < 1.29 is 14.3 Å². The Labute approximate surface area is 197 Å². The highest BCUT2D eigenvalue weighted by molar-refractivity contribution is 6.31. The van der Waals surface area contributed by atoms with Crippen molar-refractivity contribution in [3.8, 4) is 0 Å². The molecule has 8 heteroatoms. The number of aliphatic hydroxyl groups excluding tert-OH is 1. The first-order valence-corrected chi connectivity index (χ1v) is 11.6. The van der Waals surface area contributed by atoms with Crippen LogP contribution in [0.2, 0.25) is 10.0 Å². The lowest BCUT2D eigenvalue weighted by Gasteiger charge is -2.45. The second-order valence-electron chi connectivity index (χ2n) is 9.18. The summed E-state index contributed by atoms with van der Waals surface area (Å²) < 4.78 is 15.3. The number of likely N-dealkylation sites (tertiary alicyclic amines) is 1. The maximum Gasteiger partial charge on any atom is 0.245 e. The average molecular weight is 480 g/mol. The van der Waals surface area contributed by atoms with Crippen LogP contribution < -0.4 is 11.1 Å². The second-order valence-corrected chi connectivity index (χ2v) is 10.0. The molecule has 2 aliphatic heterocycles. The van der Waals surface area contributed by atoms with Crippen molar-refractivity contribution in [1.82, 2.24) is 4.90 Å². The molecule has 4 rings (SSSR count). The summed E-state index contributed by atoms with van der Waals surface area (Å²) >= 11 is 12.3. The molecule has 0 aliphatic carbocycles. The molecule has 1 fully saturated rings. The molecule has 4 N–H and O–H groups in total. The maximum atomic E-state index is 15.3. The molecule has 2 aromatic carbocycles. The van der Waals surface area contributed by atoms with Gasteiger partial charge in [0, 0.05) is 35.1 Å². The standard InChI is InChI=1S/C24H28Cl2FN3O2/c1-13(2)8-9-30-19(12-31)22(28)20(16-4-3-5-17(26)21(16)27)24(30)11-14-6-7-15(25)10-18(14)29-23(24)32/h3-7,10,13,19-20,22,31H,8-9,11-12,28H2,1-2H3,(H,29,32)/t19-,20-,22+,24+/m0/s1. The number of rotatable bonds is 5. The van der Waals surface area contributed by atoms with Gasteiger partial charge in [-0.2, -0.15) is 0 Å². The van der Waals surface area contributed by atoms with Crippen LogP contribution in [0.5, 0.6) is 0 Å². The number of halogens is 3. The molecular weight excluding hydrogens is 452 g/mol. The number of anilines is 1. The van der Waals surface area contributed by atoms with Crippen molar-refractivity contribution >= 4 is 34.8 Å². The van der Waals surface area contributed by atoms with E-state index < -0.39 is 29.4 Å². The Hall–Kier alpha value is -1.70. The molecule has 2 heterocycles. The summed E-state index contributed by atoms with van der Waals surface area (Å²) in [7, 11) is 0. The highest BCUT2D eigenvalue weighted by atomic mass is 35.5. The van der Waals surface area contributed by atoms with E-state index in [-0.39, 0.29) is 17.5 Å². The smallest absolute Gasteiger partial charge is 0.245 e. The number of amides is 1. The Bertz CT molecular complexity index is 1030. The summed E-state index contributed by atoms with van der Waals surface area (Å²) in [6.45, 7) is 4.51. The van der Waals surface area contributed by atoms with Crippen molar-refractivity contribution in [2.45, 2.75) is 50.2 Å². The van der Waals surface area contributed by atoms with Gasteiger partial charge >= 0.3 is 0 Å². The van der Waals surface area contributed by atoms with Gasteiger partial charge in [-0.15, -0.1) is 0 Å². The maximum absolute atomic E-state index is 15.3. The Balaban J connectivity index is 1.92. The minimum atomic E-state index is -1.17. The highest BCUT2D eigenvalue weighted by Crippen LogP contribution is 2.51. The van der Waals surface area contributed by atoms with E-state index in [4.69, 9.17) is 28.9 Å². The molecule has 32 heavy (non-hydrogen) atoms. The zero-order valence-corrected chi connectivity index (χ0v) is 19.6.